The van der Waals surface area contributed by atoms with Gasteiger partial charge >= 0.3 is 5.97 Å². The molecule has 3 nitrogen and oxygen atoms in total. The summed E-state index contributed by atoms with van der Waals surface area (Å²) in [5.41, 5.74) is -1.96. The van der Waals surface area contributed by atoms with Gasteiger partial charge < -0.3 is 10.2 Å². The lowest BCUT2D eigenvalue weighted by Crippen LogP contribution is -2.43. The highest BCUT2D eigenvalue weighted by Crippen LogP contribution is 2.49. The molecule has 0 unspecified atom stereocenters. The third kappa shape index (κ3) is 1.62. The number of halogens is 3. The topological polar surface area (TPSA) is 57.5 Å². The molecule has 1 fully saturated rings. The van der Waals surface area contributed by atoms with Crippen molar-refractivity contribution in [2.75, 3.05) is 0 Å². The van der Waals surface area contributed by atoms with Crippen LogP contribution < -0.4 is 0 Å². The molecule has 0 spiro atoms. The van der Waals surface area contributed by atoms with Crippen LogP contribution in [-0.4, -0.2) is 16.2 Å². The zero-order valence-corrected chi connectivity index (χ0v) is 10.2. The Kier molecular flexibility index (Phi) is 2.85. The summed E-state index contributed by atoms with van der Waals surface area (Å²) in [6.07, 6.45) is 1.00. The lowest BCUT2D eigenvalue weighted by molar-refractivity contribution is -0.147. The van der Waals surface area contributed by atoms with E-state index in [4.69, 9.17) is 5.11 Å². The smallest absolute Gasteiger partial charge is 0.314 e. The Hall–Kier alpha value is -1.17. The summed E-state index contributed by atoms with van der Waals surface area (Å²) in [6, 6.07) is 0.780. The SMILES string of the molecule is O=C(O)C1(c2c(O)c(F)cc(Br)c2F)CCC1. The third-order valence-electron chi connectivity index (χ3n) is 3.24. The van der Waals surface area contributed by atoms with E-state index in [-0.39, 0.29) is 17.3 Å². The number of carboxylic acid groups (broad SMARTS) is 1. The molecule has 0 atom stereocenters. The van der Waals surface area contributed by atoms with E-state index in [1.807, 2.05) is 0 Å². The number of phenolic OH excluding ortho intramolecular Hbond substituents is 1. The maximum Gasteiger partial charge on any atom is 0.314 e. The fraction of sp³-hybridized carbons (Fsp3) is 0.364. The molecule has 1 saturated carbocycles. The molecule has 1 aromatic rings. The Morgan fingerprint density at radius 2 is 2.00 bits per heavy atom. The quantitative estimate of drug-likeness (QED) is 0.826. The van der Waals surface area contributed by atoms with Gasteiger partial charge in [0.15, 0.2) is 11.6 Å². The van der Waals surface area contributed by atoms with Crippen LogP contribution in [0.15, 0.2) is 10.5 Å². The Bertz CT molecular complexity index is 472. The number of hydrogen-bond donors (Lipinski definition) is 2. The van der Waals surface area contributed by atoms with Gasteiger partial charge in [0.05, 0.1) is 15.5 Å². The maximum absolute atomic E-state index is 13.9. The van der Waals surface area contributed by atoms with Crippen molar-refractivity contribution in [3.8, 4) is 5.75 Å². The Labute approximate surface area is 104 Å². The van der Waals surface area contributed by atoms with Crippen molar-refractivity contribution in [2.45, 2.75) is 24.7 Å². The molecule has 6 heteroatoms. The monoisotopic (exact) mass is 306 g/mol. The molecule has 92 valence electrons. The summed E-state index contributed by atoms with van der Waals surface area (Å²) in [5, 5.41) is 18.7. The number of carbonyl (C=O) groups is 1. The highest BCUT2D eigenvalue weighted by atomic mass is 79.9. The predicted molar refractivity (Wildman–Crippen MR) is 58.9 cm³/mol. The van der Waals surface area contributed by atoms with Crippen molar-refractivity contribution >= 4 is 21.9 Å². The Morgan fingerprint density at radius 1 is 1.41 bits per heavy atom. The van der Waals surface area contributed by atoms with Crippen molar-refractivity contribution in [3.05, 3.63) is 27.7 Å². The van der Waals surface area contributed by atoms with E-state index >= 15 is 0 Å². The highest BCUT2D eigenvalue weighted by molar-refractivity contribution is 9.10. The first-order valence-electron chi connectivity index (χ1n) is 5.00. The number of aliphatic carboxylic acids is 1. The first-order valence-corrected chi connectivity index (χ1v) is 5.80. The molecule has 17 heavy (non-hydrogen) atoms. The molecule has 2 rings (SSSR count). The lowest BCUT2D eigenvalue weighted by atomic mass is 9.64. The van der Waals surface area contributed by atoms with E-state index < -0.39 is 34.3 Å². The molecule has 1 aromatic carbocycles. The molecule has 0 heterocycles. The fourth-order valence-electron chi connectivity index (χ4n) is 2.12. The number of rotatable bonds is 2. The van der Waals surface area contributed by atoms with Crippen LogP contribution in [0.2, 0.25) is 0 Å². The first kappa shape index (κ1) is 12.3. The van der Waals surface area contributed by atoms with Crippen molar-refractivity contribution in [1.82, 2.24) is 0 Å². The molecule has 2 N–H and O–H groups in total. The van der Waals surface area contributed by atoms with Gasteiger partial charge in [0.1, 0.15) is 5.82 Å². The van der Waals surface area contributed by atoms with Gasteiger partial charge in [-0.1, -0.05) is 6.42 Å². The second-order valence-corrected chi connectivity index (χ2v) is 4.97. The molecule has 0 saturated heterocycles. The van der Waals surface area contributed by atoms with Crippen LogP contribution in [0.1, 0.15) is 24.8 Å². The van der Waals surface area contributed by atoms with Gasteiger partial charge in [0.2, 0.25) is 0 Å². The number of aromatic hydroxyl groups is 1. The van der Waals surface area contributed by atoms with Gasteiger partial charge in [0.25, 0.3) is 0 Å². The summed E-state index contributed by atoms with van der Waals surface area (Å²) < 4.78 is 27.0. The summed E-state index contributed by atoms with van der Waals surface area (Å²) in [5.74, 6) is -4.09. The fourth-order valence-corrected chi connectivity index (χ4v) is 2.52. The van der Waals surface area contributed by atoms with E-state index in [2.05, 4.69) is 15.9 Å². The third-order valence-corrected chi connectivity index (χ3v) is 3.82. The summed E-state index contributed by atoms with van der Waals surface area (Å²) >= 11 is 2.81. The Balaban J connectivity index is 2.70. The molecule has 0 radical (unpaired) electrons. The van der Waals surface area contributed by atoms with Crippen LogP contribution in [0.3, 0.4) is 0 Å². The molecular weight excluding hydrogens is 298 g/mol. The molecule has 0 aliphatic heterocycles. The van der Waals surface area contributed by atoms with Gasteiger partial charge in [-0.25, -0.2) is 8.78 Å². The second kappa shape index (κ2) is 3.94. The molecule has 0 amide bonds. The van der Waals surface area contributed by atoms with Crippen LogP contribution in [0.4, 0.5) is 8.78 Å². The lowest BCUT2D eigenvalue weighted by Gasteiger charge is -2.38. The van der Waals surface area contributed by atoms with Gasteiger partial charge in [-0.2, -0.15) is 0 Å². The maximum atomic E-state index is 13.9. The zero-order valence-electron chi connectivity index (χ0n) is 8.64. The van der Waals surface area contributed by atoms with Crippen LogP contribution in [-0.2, 0) is 10.2 Å². The molecule has 0 aromatic heterocycles. The number of benzene rings is 1. The number of phenols is 1. The van der Waals surface area contributed by atoms with Gasteiger partial charge in [-0.3, -0.25) is 4.79 Å². The second-order valence-electron chi connectivity index (χ2n) is 4.12. The minimum absolute atomic E-state index is 0.185. The standard InChI is InChI=1S/C11H9BrF2O3/c12-5-4-6(13)9(15)7(8(5)14)11(10(16)17)2-1-3-11/h4,15H,1-3H2,(H,16,17). The minimum Gasteiger partial charge on any atom is -0.505 e. The van der Waals surface area contributed by atoms with Crippen molar-refractivity contribution in [2.24, 2.45) is 0 Å². The molecule has 1 aliphatic rings. The van der Waals surface area contributed by atoms with E-state index in [0.717, 1.165) is 6.07 Å². The van der Waals surface area contributed by atoms with Crippen LogP contribution in [0.5, 0.6) is 5.75 Å². The van der Waals surface area contributed by atoms with E-state index in [0.29, 0.717) is 6.42 Å². The first-order chi connectivity index (χ1) is 7.90. The largest absolute Gasteiger partial charge is 0.505 e. The van der Waals surface area contributed by atoms with Crippen molar-refractivity contribution in [3.63, 3.8) is 0 Å². The van der Waals surface area contributed by atoms with E-state index in [1.54, 1.807) is 0 Å². The molecule has 0 bridgehead atoms. The average Bonchev–Trinajstić information content (AvgIpc) is 2.18. The summed E-state index contributed by atoms with van der Waals surface area (Å²) in [7, 11) is 0. The summed E-state index contributed by atoms with van der Waals surface area (Å²) in [4.78, 5) is 11.2. The van der Waals surface area contributed by atoms with Crippen LogP contribution >= 0.6 is 15.9 Å². The molecule has 1 aliphatic carbocycles. The zero-order chi connectivity index (χ0) is 12.8. The Morgan fingerprint density at radius 3 is 2.41 bits per heavy atom. The minimum atomic E-state index is -1.50. The van der Waals surface area contributed by atoms with Crippen LogP contribution in [0, 0.1) is 11.6 Å². The normalized spacial score (nSPS) is 17.6. The summed E-state index contributed by atoms with van der Waals surface area (Å²) in [6.45, 7) is 0. The predicted octanol–water partition coefficient (Wildman–Crippen LogP) is 2.94. The van der Waals surface area contributed by atoms with Gasteiger partial charge in [-0.15, -0.1) is 0 Å². The van der Waals surface area contributed by atoms with Gasteiger partial charge in [-0.05, 0) is 34.8 Å². The number of hydrogen-bond acceptors (Lipinski definition) is 2. The van der Waals surface area contributed by atoms with E-state index in [9.17, 15) is 18.7 Å². The van der Waals surface area contributed by atoms with Gasteiger partial charge in [0, 0.05) is 0 Å². The van der Waals surface area contributed by atoms with Crippen molar-refractivity contribution in [1.29, 1.82) is 0 Å². The highest BCUT2D eigenvalue weighted by Gasteiger charge is 2.50. The van der Waals surface area contributed by atoms with Crippen LogP contribution in [0.25, 0.3) is 0 Å². The van der Waals surface area contributed by atoms with Crippen molar-refractivity contribution < 1.29 is 23.8 Å². The number of carboxylic acids is 1. The average molecular weight is 307 g/mol. The van der Waals surface area contributed by atoms with E-state index in [1.165, 1.54) is 0 Å². The molecular formula is C11H9BrF2O3.